The van der Waals surface area contributed by atoms with Crippen LogP contribution in [0, 0.1) is 0 Å². The summed E-state index contributed by atoms with van der Waals surface area (Å²) in [6.45, 7) is 1.18. The highest BCUT2D eigenvalue weighted by Gasteiger charge is 2.15. The average molecular weight is 317 g/mol. The van der Waals surface area contributed by atoms with Crippen LogP contribution in [0.4, 0.5) is 0 Å². The quantitative estimate of drug-likeness (QED) is 0.691. The number of methoxy groups -OCH3 is 3. The fourth-order valence-corrected chi connectivity index (χ4v) is 2.65. The van der Waals surface area contributed by atoms with E-state index >= 15 is 0 Å². The van der Waals surface area contributed by atoms with E-state index in [4.69, 9.17) is 14.2 Å². The fourth-order valence-electron chi connectivity index (χ4n) is 1.98. The molecule has 0 aliphatic heterocycles. The fraction of sp³-hybridized carbons (Fsp3) is 0.571. The van der Waals surface area contributed by atoms with Crippen LogP contribution in [0.5, 0.6) is 17.2 Å². The lowest BCUT2D eigenvalue weighted by Crippen LogP contribution is -2.18. The van der Waals surface area contributed by atoms with E-state index in [-0.39, 0.29) is 5.75 Å². The Morgan fingerprint density at radius 2 is 1.71 bits per heavy atom. The SMILES string of the molecule is COc1ccc(CNCCCS(C)(=O)=O)c(OC)c1OC. The number of nitrogens with one attached hydrogen (secondary N) is 1. The second-order valence-corrected chi connectivity index (χ2v) is 6.91. The molecular weight excluding hydrogens is 294 g/mol. The van der Waals surface area contributed by atoms with Crippen LogP contribution < -0.4 is 19.5 Å². The minimum absolute atomic E-state index is 0.184. The van der Waals surface area contributed by atoms with Gasteiger partial charge in [-0.2, -0.15) is 0 Å². The van der Waals surface area contributed by atoms with Crippen molar-refractivity contribution >= 4 is 9.84 Å². The van der Waals surface area contributed by atoms with Crippen LogP contribution in [-0.2, 0) is 16.4 Å². The van der Waals surface area contributed by atoms with Gasteiger partial charge in [-0.05, 0) is 19.0 Å². The summed E-state index contributed by atoms with van der Waals surface area (Å²) in [4.78, 5) is 0. The predicted molar refractivity (Wildman–Crippen MR) is 82.1 cm³/mol. The zero-order valence-electron chi connectivity index (χ0n) is 12.9. The van der Waals surface area contributed by atoms with E-state index < -0.39 is 9.84 Å². The zero-order valence-corrected chi connectivity index (χ0v) is 13.7. The molecule has 0 unspecified atom stereocenters. The smallest absolute Gasteiger partial charge is 0.203 e. The van der Waals surface area contributed by atoms with Crippen molar-refractivity contribution in [2.45, 2.75) is 13.0 Å². The minimum Gasteiger partial charge on any atom is -0.493 e. The molecule has 21 heavy (non-hydrogen) atoms. The molecule has 1 aromatic carbocycles. The largest absolute Gasteiger partial charge is 0.493 e. The Morgan fingerprint density at radius 3 is 2.24 bits per heavy atom. The van der Waals surface area contributed by atoms with Gasteiger partial charge in [0.15, 0.2) is 11.5 Å². The predicted octanol–water partition coefficient (Wildman–Crippen LogP) is 1.24. The standard InChI is InChI=1S/C14H23NO5S/c1-18-12-7-6-11(13(19-2)14(12)20-3)10-15-8-5-9-21(4,16)17/h6-7,15H,5,8-10H2,1-4H3. The molecule has 1 rings (SSSR count). The van der Waals surface area contributed by atoms with Gasteiger partial charge in [0.1, 0.15) is 9.84 Å². The van der Waals surface area contributed by atoms with Gasteiger partial charge in [-0.1, -0.05) is 6.07 Å². The van der Waals surface area contributed by atoms with Crippen molar-refractivity contribution in [1.29, 1.82) is 0 Å². The van der Waals surface area contributed by atoms with Crippen molar-refractivity contribution in [2.75, 3.05) is 39.9 Å². The van der Waals surface area contributed by atoms with Gasteiger partial charge < -0.3 is 19.5 Å². The summed E-state index contributed by atoms with van der Waals surface area (Å²) < 4.78 is 38.0. The second kappa shape index (κ2) is 8.09. The number of benzene rings is 1. The highest BCUT2D eigenvalue weighted by Crippen LogP contribution is 2.39. The number of rotatable bonds is 9. The number of hydrogen-bond donors (Lipinski definition) is 1. The minimum atomic E-state index is -2.90. The van der Waals surface area contributed by atoms with Gasteiger partial charge in [0, 0.05) is 18.4 Å². The van der Waals surface area contributed by atoms with Crippen LogP contribution in [0.3, 0.4) is 0 Å². The third-order valence-corrected chi connectivity index (χ3v) is 4.00. The van der Waals surface area contributed by atoms with E-state index in [0.29, 0.717) is 36.8 Å². The third-order valence-electron chi connectivity index (χ3n) is 2.97. The van der Waals surface area contributed by atoms with Crippen LogP contribution in [0.2, 0.25) is 0 Å². The summed E-state index contributed by atoms with van der Waals surface area (Å²) in [5.74, 6) is 1.96. The van der Waals surface area contributed by atoms with Gasteiger partial charge in [0.2, 0.25) is 5.75 Å². The maximum Gasteiger partial charge on any atom is 0.203 e. The summed E-state index contributed by atoms with van der Waals surface area (Å²) in [6.07, 6.45) is 1.82. The van der Waals surface area contributed by atoms with E-state index in [0.717, 1.165) is 5.56 Å². The molecule has 0 saturated heterocycles. The first-order valence-corrected chi connectivity index (χ1v) is 8.65. The summed E-state index contributed by atoms with van der Waals surface area (Å²) in [6, 6.07) is 3.71. The summed E-state index contributed by atoms with van der Waals surface area (Å²) in [5, 5.41) is 3.20. The van der Waals surface area contributed by atoms with Crippen LogP contribution in [-0.4, -0.2) is 48.3 Å². The zero-order chi connectivity index (χ0) is 15.9. The molecule has 1 aromatic rings. The Labute approximate surface area is 126 Å². The lowest BCUT2D eigenvalue weighted by molar-refractivity contribution is 0.321. The van der Waals surface area contributed by atoms with Crippen molar-refractivity contribution in [2.24, 2.45) is 0 Å². The molecule has 1 N–H and O–H groups in total. The Morgan fingerprint density at radius 1 is 1.05 bits per heavy atom. The molecule has 0 aliphatic rings. The molecule has 0 bridgehead atoms. The molecule has 6 nitrogen and oxygen atoms in total. The molecular formula is C14H23NO5S. The van der Waals surface area contributed by atoms with Crippen molar-refractivity contribution in [3.63, 3.8) is 0 Å². The van der Waals surface area contributed by atoms with Crippen LogP contribution in [0.25, 0.3) is 0 Å². The van der Waals surface area contributed by atoms with Crippen molar-refractivity contribution in [3.8, 4) is 17.2 Å². The first-order valence-electron chi connectivity index (χ1n) is 6.59. The normalized spacial score (nSPS) is 11.2. The maximum absolute atomic E-state index is 11.0. The highest BCUT2D eigenvalue weighted by atomic mass is 32.2. The molecule has 0 radical (unpaired) electrons. The Balaban J connectivity index is 2.67. The monoisotopic (exact) mass is 317 g/mol. The summed E-state index contributed by atoms with van der Waals surface area (Å²) in [7, 11) is 1.80. The maximum atomic E-state index is 11.0. The number of hydrogen-bond acceptors (Lipinski definition) is 6. The van der Waals surface area contributed by atoms with E-state index in [1.807, 2.05) is 12.1 Å². The Bertz CT molecular complexity index is 557. The number of sulfone groups is 1. The molecule has 0 heterocycles. The lowest BCUT2D eigenvalue weighted by Gasteiger charge is -2.16. The average Bonchev–Trinajstić information content (AvgIpc) is 2.44. The third kappa shape index (κ3) is 5.43. The molecule has 120 valence electrons. The lowest BCUT2D eigenvalue weighted by atomic mass is 10.1. The number of ether oxygens (including phenoxy) is 3. The van der Waals surface area contributed by atoms with Gasteiger partial charge in [-0.15, -0.1) is 0 Å². The van der Waals surface area contributed by atoms with Gasteiger partial charge in [-0.25, -0.2) is 8.42 Å². The Hall–Kier alpha value is -1.47. The van der Waals surface area contributed by atoms with Crippen LogP contribution in [0.1, 0.15) is 12.0 Å². The summed E-state index contributed by atoms with van der Waals surface area (Å²) >= 11 is 0. The molecule has 0 atom stereocenters. The van der Waals surface area contributed by atoms with Crippen molar-refractivity contribution in [1.82, 2.24) is 5.32 Å². The molecule has 0 amide bonds. The molecule has 0 aliphatic carbocycles. The van der Waals surface area contributed by atoms with Gasteiger partial charge in [-0.3, -0.25) is 0 Å². The van der Waals surface area contributed by atoms with E-state index in [1.165, 1.54) is 6.26 Å². The van der Waals surface area contributed by atoms with Crippen LogP contribution >= 0.6 is 0 Å². The van der Waals surface area contributed by atoms with Gasteiger partial charge >= 0.3 is 0 Å². The Kier molecular flexibility index (Phi) is 6.77. The second-order valence-electron chi connectivity index (χ2n) is 4.65. The molecule has 0 saturated carbocycles. The molecule has 0 aromatic heterocycles. The van der Waals surface area contributed by atoms with E-state index in [9.17, 15) is 8.42 Å². The topological polar surface area (TPSA) is 73.9 Å². The van der Waals surface area contributed by atoms with Crippen molar-refractivity contribution < 1.29 is 22.6 Å². The van der Waals surface area contributed by atoms with E-state index in [1.54, 1.807) is 21.3 Å². The summed E-state index contributed by atoms with van der Waals surface area (Å²) in [5.41, 5.74) is 0.925. The molecule has 0 fully saturated rings. The molecule has 0 spiro atoms. The van der Waals surface area contributed by atoms with Crippen LogP contribution in [0.15, 0.2) is 12.1 Å². The van der Waals surface area contributed by atoms with Gasteiger partial charge in [0.25, 0.3) is 0 Å². The van der Waals surface area contributed by atoms with Gasteiger partial charge in [0.05, 0.1) is 27.1 Å². The first kappa shape index (κ1) is 17.6. The van der Waals surface area contributed by atoms with Crippen molar-refractivity contribution in [3.05, 3.63) is 17.7 Å². The molecule has 7 heteroatoms. The highest BCUT2D eigenvalue weighted by molar-refractivity contribution is 7.90. The van der Waals surface area contributed by atoms with E-state index in [2.05, 4.69) is 5.32 Å². The first-order chi connectivity index (χ1) is 9.92.